The topological polar surface area (TPSA) is 18.5 Å². The molecule has 0 aliphatic carbocycles. The van der Waals surface area contributed by atoms with E-state index in [0.29, 0.717) is 5.92 Å². The maximum Gasteiger partial charge on any atom is 0.0700 e. The SMILES string of the molecule is CC(C)COCCOCCCCCBr. The summed E-state index contributed by atoms with van der Waals surface area (Å²) in [5, 5.41) is 1.10. The lowest BCUT2D eigenvalue weighted by molar-refractivity contribution is 0.0367. The zero-order chi connectivity index (χ0) is 10.6. The van der Waals surface area contributed by atoms with Crippen molar-refractivity contribution in [3.8, 4) is 0 Å². The zero-order valence-corrected chi connectivity index (χ0v) is 11.0. The van der Waals surface area contributed by atoms with Crippen molar-refractivity contribution in [3.63, 3.8) is 0 Å². The number of ether oxygens (including phenoxy) is 2. The fourth-order valence-electron chi connectivity index (χ4n) is 1.01. The molecule has 0 fully saturated rings. The lowest BCUT2D eigenvalue weighted by Gasteiger charge is -2.07. The third-order valence-corrected chi connectivity index (χ3v) is 2.31. The van der Waals surface area contributed by atoms with E-state index in [9.17, 15) is 0 Å². The minimum Gasteiger partial charge on any atom is -0.379 e. The molecule has 0 heterocycles. The Bertz CT molecular complexity index is 107. The fraction of sp³-hybridized carbons (Fsp3) is 1.00. The van der Waals surface area contributed by atoms with Crippen LogP contribution >= 0.6 is 15.9 Å². The monoisotopic (exact) mass is 266 g/mol. The molecule has 0 atom stereocenters. The van der Waals surface area contributed by atoms with E-state index < -0.39 is 0 Å². The first-order chi connectivity index (χ1) is 6.77. The van der Waals surface area contributed by atoms with Crippen LogP contribution in [-0.2, 0) is 9.47 Å². The zero-order valence-electron chi connectivity index (χ0n) is 9.43. The van der Waals surface area contributed by atoms with Crippen molar-refractivity contribution in [3.05, 3.63) is 0 Å². The molecule has 0 bridgehead atoms. The average molecular weight is 267 g/mol. The van der Waals surface area contributed by atoms with Crippen molar-refractivity contribution in [2.24, 2.45) is 5.92 Å². The number of rotatable bonds is 10. The Balaban J connectivity index is 2.85. The van der Waals surface area contributed by atoms with Gasteiger partial charge in [-0.3, -0.25) is 0 Å². The summed E-state index contributed by atoms with van der Waals surface area (Å²) < 4.78 is 10.8. The van der Waals surface area contributed by atoms with Crippen molar-refractivity contribution in [2.75, 3.05) is 31.8 Å². The molecule has 0 spiro atoms. The van der Waals surface area contributed by atoms with Gasteiger partial charge in [0.1, 0.15) is 0 Å². The molecule has 0 saturated carbocycles. The van der Waals surface area contributed by atoms with E-state index in [1.165, 1.54) is 12.8 Å². The fourth-order valence-corrected chi connectivity index (χ4v) is 1.41. The molecule has 0 aliphatic heterocycles. The summed E-state index contributed by atoms with van der Waals surface area (Å²) in [6.45, 7) is 7.49. The van der Waals surface area contributed by atoms with Crippen molar-refractivity contribution in [1.82, 2.24) is 0 Å². The van der Waals surface area contributed by atoms with Gasteiger partial charge in [0.25, 0.3) is 0 Å². The highest BCUT2D eigenvalue weighted by molar-refractivity contribution is 9.09. The molecule has 2 nitrogen and oxygen atoms in total. The van der Waals surface area contributed by atoms with Crippen LogP contribution in [0.15, 0.2) is 0 Å². The number of unbranched alkanes of at least 4 members (excludes halogenated alkanes) is 2. The Kier molecular flexibility index (Phi) is 11.8. The molecular weight excluding hydrogens is 244 g/mol. The highest BCUT2D eigenvalue weighted by atomic mass is 79.9. The van der Waals surface area contributed by atoms with E-state index >= 15 is 0 Å². The van der Waals surface area contributed by atoms with Gasteiger partial charge in [-0.25, -0.2) is 0 Å². The second kappa shape index (κ2) is 11.5. The molecular formula is C11H23BrO2. The standard InChI is InChI=1S/C11H23BrO2/c1-11(2)10-14-9-8-13-7-5-3-4-6-12/h11H,3-10H2,1-2H3. The number of alkyl halides is 1. The normalized spacial score (nSPS) is 11.1. The highest BCUT2D eigenvalue weighted by Crippen LogP contribution is 1.98. The summed E-state index contributed by atoms with van der Waals surface area (Å²) in [5.74, 6) is 0.619. The van der Waals surface area contributed by atoms with Crippen LogP contribution in [0.5, 0.6) is 0 Å². The second-order valence-corrected chi connectivity index (χ2v) is 4.62. The number of hydrogen-bond donors (Lipinski definition) is 0. The first-order valence-corrected chi connectivity index (χ1v) is 6.61. The van der Waals surface area contributed by atoms with Gasteiger partial charge < -0.3 is 9.47 Å². The third-order valence-electron chi connectivity index (χ3n) is 1.75. The highest BCUT2D eigenvalue weighted by Gasteiger charge is 1.93. The molecule has 86 valence electrons. The van der Waals surface area contributed by atoms with Crippen LogP contribution in [0.4, 0.5) is 0 Å². The van der Waals surface area contributed by atoms with Gasteiger partial charge in [0, 0.05) is 18.5 Å². The summed E-state index contributed by atoms with van der Waals surface area (Å²) in [6, 6.07) is 0. The Morgan fingerprint density at radius 3 is 2.29 bits per heavy atom. The van der Waals surface area contributed by atoms with E-state index in [1.54, 1.807) is 0 Å². The molecule has 14 heavy (non-hydrogen) atoms. The van der Waals surface area contributed by atoms with Gasteiger partial charge in [-0.2, -0.15) is 0 Å². The van der Waals surface area contributed by atoms with Gasteiger partial charge in [-0.1, -0.05) is 36.2 Å². The van der Waals surface area contributed by atoms with E-state index in [-0.39, 0.29) is 0 Å². The summed E-state index contributed by atoms with van der Waals surface area (Å²) in [5.41, 5.74) is 0. The predicted molar refractivity (Wildman–Crippen MR) is 64.1 cm³/mol. The first kappa shape index (κ1) is 14.4. The van der Waals surface area contributed by atoms with Gasteiger partial charge in [0.05, 0.1) is 13.2 Å². The Morgan fingerprint density at radius 2 is 1.64 bits per heavy atom. The second-order valence-electron chi connectivity index (χ2n) is 3.83. The summed E-state index contributed by atoms with van der Waals surface area (Å²) in [7, 11) is 0. The molecule has 0 aromatic heterocycles. The van der Waals surface area contributed by atoms with Crippen molar-refractivity contribution in [2.45, 2.75) is 33.1 Å². The molecule has 0 N–H and O–H groups in total. The van der Waals surface area contributed by atoms with Crippen LogP contribution in [0.3, 0.4) is 0 Å². The third kappa shape index (κ3) is 12.4. The van der Waals surface area contributed by atoms with Crippen LogP contribution < -0.4 is 0 Å². The lowest BCUT2D eigenvalue weighted by Crippen LogP contribution is -2.09. The Morgan fingerprint density at radius 1 is 0.929 bits per heavy atom. The van der Waals surface area contributed by atoms with Crippen LogP contribution in [0, 0.1) is 5.92 Å². The quantitative estimate of drug-likeness (QED) is 0.447. The average Bonchev–Trinajstić information content (AvgIpc) is 2.15. The summed E-state index contributed by atoms with van der Waals surface area (Å²) in [6.07, 6.45) is 3.65. The van der Waals surface area contributed by atoms with Gasteiger partial charge in [-0.05, 0) is 18.8 Å². The molecule has 0 rings (SSSR count). The molecule has 0 aromatic carbocycles. The molecule has 0 aromatic rings. The maximum absolute atomic E-state index is 5.42. The molecule has 3 heteroatoms. The van der Waals surface area contributed by atoms with Gasteiger partial charge >= 0.3 is 0 Å². The summed E-state index contributed by atoms with van der Waals surface area (Å²) in [4.78, 5) is 0. The van der Waals surface area contributed by atoms with Crippen molar-refractivity contribution < 1.29 is 9.47 Å². The minimum atomic E-state index is 0.619. The van der Waals surface area contributed by atoms with Crippen LogP contribution in [0.2, 0.25) is 0 Å². The van der Waals surface area contributed by atoms with Crippen LogP contribution in [0.1, 0.15) is 33.1 Å². The Hall–Kier alpha value is 0.400. The van der Waals surface area contributed by atoms with E-state index in [2.05, 4.69) is 29.8 Å². The molecule has 0 saturated heterocycles. The van der Waals surface area contributed by atoms with Gasteiger partial charge in [-0.15, -0.1) is 0 Å². The molecule has 0 radical (unpaired) electrons. The largest absolute Gasteiger partial charge is 0.379 e. The Labute approximate surface area is 96.5 Å². The molecule has 0 unspecified atom stereocenters. The number of hydrogen-bond acceptors (Lipinski definition) is 2. The number of halogens is 1. The first-order valence-electron chi connectivity index (χ1n) is 5.48. The van der Waals surface area contributed by atoms with Gasteiger partial charge in [0.15, 0.2) is 0 Å². The van der Waals surface area contributed by atoms with Crippen molar-refractivity contribution >= 4 is 15.9 Å². The van der Waals surface area contributed by atoms with Crippen LogP contribution in [0.25, 0.3) is 0 Å². The summed E-state index contributed by atoms with van der Waals surface area (Å²) >= 11 is 3.41. The van der Waals surface area contributed by atoms with E-state index in [4.69, 9.17) is 9.47 Å². The molecule has 0 aliphatic rings. The van der Waals surface area contributed by atoms with Crippen molar-refractivity contribution in [1.29, 1.82) is 0 Å². The lowest BCUT2D eigenvalue weighted by atomic mass is 10.2. The van der Waals surface area contributed by atoms with Gasteiger partial charge in [0.2, 0.25) is 0 Å². The van der Waals surface area contributed by atoms with E-state index in [0.717, 1.165) is 38.2 Å². The molecule has 0 amide bonds. The predicted octanol–water partition coefficient (Wildman–Crippen LogP) is 3.24. The van der Waals surface area contributed by atoms with Crippen LogP contribution in [-0.4, -0.2) is 31.8 Å². The smallest absolute Gasteiger partial charge is 0.0700 e. The minimum absolute atomic E-state index is 0.619. The maximum atomic E-state index is 5.42. The van der Waals surface area contributed by atoms with E-state index in [1.807, 2.05) is 0 Å².